The van der Waals surface area contributed by atoms with E-state index in [-0.39, 0.29) is 24.6 Å². The summed E-state index contributed by atoms with van der Waals surface area (Å²) in [6.45, 7) is 0. The highest BCUT2D eigenvalue weighted by Gasteiger charge is 2.15. The zero-order chi connectivity index (χ0) is 18.5. The van der Waals surface area contributed by atoms with Crippen LogP contribution < -0.4 is 10.1 Å². The number of aromatic nitrogens is 2. The Morgan fingerprint density at radius 1 is 1.12 bits per heavy atom. The number of methoxy groups -OCH3 is 1. The molecule has 0 aliphatic rings. The lowest BCUT2D eigenvalue weighted by molar-refractivity contribution is -0.116. The van der Waals surface area contributed by atoms with Crippen LogP contribution in [-0.4, -0.2) is 23.2 Å². The summed E-state index contributed by atoms with van der Waals surface area (Å²) in [4.78, 5) is 11.9. The highest BCUT2D eigenvalue weighted by molar-refractivity contribution is 5.91. The van der Waals surface area contributed by atoms with Gasteiger partial charge < -0.3 is 14.5 Å². The van der Waals surface area contributed by atoms with Gasteiger partial charge in [-0.2, -0.15) is 0 Å². The summed E-state index contributed by atoms with van der Waals surface area (Å²) in [5, 5.41) is 10.0. The standard InChI is InChI=1S/C18H15F2N3O3/c1-25-14-8-3-2-5-11(14)18-23-22-16(26-18)10-9-15(24)21-17-12(19)6-4-7-13(17)20/h2-8H,9-10H2,1H3,(H,21,24). The van der Waals surface area contributed by atoms with Gasteiger partial charge in [0.15, 0.2) is 0 Å². The highest BCUT2D eigenvalue weighted by Crippen LogP contribution is 2.28. The number of carbonyl (C=O) groups is 1. The van der Waals surface area contributed by atoms with Gasteiger partial charge in [0.1, 0.15) is 23.1 Å². The molecule has 1 aromatic heterocycles. The topological polar surface area (TPSA) is 77.2 Å². The van der Waals surface area contributed by atoms with Crippen LogP contribution in [0.1, 0.15) is 12.3 Å². The van der Waals surface area contributed by atoms with E-state index in [1.807, 2.05) is 6.07 Å². The van der Waals surface area contributed by atoms with Crippen molar-refractivity contribution >= 4 is 11.6 Å². The van der Waals surface area contributed by atoms with Crippen molar-refractivity contribution in [3.63, 3.8) is 0 Å². The van der Waals surface area contributed by atoms with Crippen LogP contribution in [0.4, 0.5) is 14.5 Å². The van der Waals surface area contributed by atoms with Crippen molar-refractivity contribution in [2.75, 3.05) is 12.4 Å². The maximum atomic E-state index is 13.5. The molecule has 8 heteroatoms. The molecule has 0 spiro atoms. The van der Waals surface area contributed by atoms with E-state index in [2.05, 4.69) is 15.5 Å². The van der Waals surface area contributed by atoms with Gasteiger partial charge in [-0.15, -0.1) is 10.2 Å². The SMILES string of the molecule is COc1ccccc1-c1nnc(CCC(=O)Nc2c(F)cccc2F)o1. The third kappa shape index (κ3) is 3.85. The van der Waals surface area contributed by atoms with Gasteiger partial charge in [0.2, 0.25) is 11.8 Å². The largest absolute Gasteiger partial charge is 0.496 e. The molecule has 1 amide bonds. The summed E-state index contributed by atoms with van der Waals surface area (Å²) in [6, 6.07) is 10.5. The van der Waals surface area contributed by atoms with Crippen LogP contribution in [0.15, 0.2) is 46.9 Å². The molecule has 6 nitrogen and oxygen atoms in total. The van der Waals surface area contributed by atoms with Gasteiger partial charge in [0.25, 0.3) is 5.89 Å². The second kappa shape index (κ2) is 7.73. The number of aryl methyl sites for hydroxylation is 1. The van der Waals surface area contributed by atoms with Crippen LogP contribution in [0, 0.1) is 11.6 Å². The molecule has 3 aromatic rings. The molecule has 2 aromatic carbocycles. The van der Waals surface area contributed by atoms with Crippen molar-refractivity contribution in [2.45, 2.75) is 12.8 Å². The summed E-state index contributed by atoms with van der Waals surface area (Å²) in [5.41, 5.74) is 0.157. The molecule has 26 heavy (non-hydrogen) atoms. The number of carbonyl (C=O) groups excluding carboxylic acids is 1. The quantitative estimate of drug-likeness (QED) is 0.728. The number of nitrogens with zero attached hydrogens (tertiary/aromatic N) is 2. The van der Waals surface area contributed by atoms with Crippen LogP contribution in [0.25, 0.3) is 11.5 Å². The Morgan fingerprint density at radius 3 is 2.58 bits per heavy atom. The number of ether oxygens (including phenoxy) is 1. The molecule has 0 saturated heterocycles. The minimum Gasteiger partial charge on any atom is -0.496 e. The first kappa shape index (κ1) is 17.5. The first-order valence-corrected chi connectivity index (χ1v) is 7.78. The smallest absolute Gasteiger partial charge is 0.251 e. The molecule has 0 atom stereocenters. The molecule has 0 saturated carbocycles. The lowest BCUT2D eigenvalue weighted by atomic mass is 10.2. The fourth-order valence-corrected chi connectivity index (χ4v) is 2.32. The second-order valence-electron chi connectivity index (χ2n) is 5.35. The first-order valence-electron chi connectivity index (χ1n) is 7.78. The fraction of sp³-hybridized carbons (Fsp3) is 0.167. The van der Waals surface area contributed by atoms with Crippen molar-refractivity contribution in [1.29, 1.82) is 0 Å². The molecule has 1 N–H and O–H groups in total. The van der Waals surface area contributed by atoms with E-state index in [0.717, 1.165) is 12.1 Å². The second-order valence-corrected chi connectivity index (χ2v) is 5.35. The molecule has 0 fully saturated rings. The third-order valence-electron chi connectivity index (χ3n) is 3.60. The summed E-state index contributed by atoms with van der Waals surface area (Å²) in [5.74, 6) is -1.17. The molecular formula is C18H15F2N3O3. The molecule has 0 unspecified atom stereocenters. The Labute approximate surface area is 147 Å². The van der Waals surface area contributed by atoms with E-state index < -0.39 is 23.2 Å². The van der Waals surface area contributed by atoms with Gasteiger partial charge in [-0.05, 0) is 24.3 Å². The van der Waals surface area contributed by atoms with Gasteiger partial charge in [-0.1, -0.05) is 18.2 Å². The minimum atomic E-state index is -0.838. The minimum absolute atomic E-state index is 0.0681. The van der Waals surface area contributed by atoms with E-state index in [4.69, 9.17) is 9.15 Å². The average molecular weight is 359 g/mol. The van der Waals surface area contributed by atoms with Gasteiger partial charge >= 0.3 is 0 Å². The Hall–Kier alpha value is -3.29. The molecule has 134 valence electrons. The molecule has 3 rings (SSSR count). The Balaban J connectivity index is 1.64. The van der Waals surface area contributed by atoms with Crippen molar-refractivity contribution in [1.82, 2.24) is 10.2 Å². The number of halogens is 2. The zero-order valence-electron chi connectivity index (χ0n) is 13.8. The normalized spacial score (nSPS) is 10.6. The third-order valence-corrected chi connectivity index (χ3v) is 3.60. The van der Waals surface area contributed by atoms with Crippen LogP contribution >= 0.6 is 0 Å². The molecular weight excluding hydrogens is 344 g/mol. The predicted octanol–water partition coefficient (Wildman–Crippen LogP) is 3.59. The van der Waals surface area contributed by atoms with Gasteiger partial charge in [0, 0.05) is 12.8 Å². The predicted molar refractivity (Wildman–Crippen MR) is 89.6 cm³/mol. The lowest BCUT2D eigenvalue weighted by Gasteiger charge is -2.06. The Bertz CT molecular complexity index is 907. The lowest BCUT2D eigenvalue weighted by Crippen LogP contribution is -2.14. The summed E-state index contributed by atoms with van der Waals surface area (Å²) in [7, 11) is 1.53. The monoisotopic (exact) mass is 359 g/mol. The van der Waals surface area contributed by atoms with Crippen molar-refractivity contribution in [2.24, 2.45) is 0 Å². The van der Waals surface area contributed by atoms with Crippen LogP contribution in [0.2, 0.25) is 0 Å². The summed E-state index contributed by atoms with van der Waals surface area (Å²) >= 11 is 0. The summed E-state index contributed by atoms with van der Waals surface area (Å²) < 4.78 is 37.8. The van der Waals surface area contributed by atoms with E-state index in [0.29, 0.717) is 11.3 Å². The number of hydrogen-bond acceptors (Lipinski definition) is 5. The van der Waals surface area contributed by atoms with Crippen LogP contribution in [0.5, 0.6) is 5.75 Å². The Morgan fingerprint density at radius 2 is 1.85 bits per heavy atom. The van der Waals surface area contributed by atoms with E-state index in [9.17, 15) is 13.6 Å². The van der Waals surface area contributed by atoms with Gasteiger partial charge in [0.05, 0.1) is 12.7 Å². The molecule has 0 bridgehead atoms. The van der Waals surface area contributed by atoms with Gasteiger partial charge in [-0.25, -0.2) is 8.78 Å². The molecule has 0 aliphatic heterocycles. The van der Waals surface area contributed by atoms with E-state index in [1.54, 1.807) is 18.2 Å². The summed E-state index contributed by atoms with van der Waals surface area (Å²) in [6.07, 6.45) is 0.0609. The number of benzene rings is 2. The molecule has 1 heterocycles. The van der Waals surface area contributed by atoms with E-state index >= 15 is 0 Å². The average Bonchev–Trinajstić information content (AvgIpc) is 3.12. The number of hydrogen-bond donors (Lipinski definition) is 1. The maximum absolute atomic E-state index is 13.5. The maximum Gasteiger partial charge on any atom is 0.251 e. The first-order chi connectivity index (χ1) is 12.6. The number of nitrogens with one attached hydrogen (secondary N) is 1. The Kier molecular flexibility index (Phi) is 5.21. The number of amides is 1. The number of rotatable bonds is 6. The van der Waals surface area contributed by atoms with E-state index in [1.165, 1.54) is 13.2 Å². The molecule has 0 radical (unpaired) electrons. The highest BCUT2D eigenvalue weighted by atomic mass is 19.1. The van der Waals surface area contributed by atoms with Crippen molar-refractivity contribution < 1.29 is 22.7 Å². The van der Waals surface area contributed by atoms with Crippen LogP contribution in [-0.2, 0) is 11.2 Å². The number of anilines is 1. The fourth-order valence-electron chi connectivity index (χ4n) is 2.32. The molecule has 0 aliphatic carbocycles. The zero-order valence-corrected chi connectivity index (χ0v) is 13.8. The van der Waals surface area contributed by atoms with Crippen molar-refractivity contribution in [3.8, 4) is 17.2 Å². The van der Waals surface area contributed by atoms with Crippen LogP contribution in [0.3, 0.4) is 0 Å². The van der Waals surface area contributed by atoms with Crippen molar-refractivity contribution in [3.05, 3.63) is 60.0 Å². The van der Waals surface area contributed by atoms with Gasteiger partial charge in [-0.3, -0.25) is 4.79 Å². The number of para-hydroxylation sites is 2.